The summed E-state index contributed by atoms with van der Waals surface area (Å²) in [6, 6.07) is 5.27. The summed E-state index contributed by atoms with van der Waals surface area (Å²) < 4.78 is 48.9. The first-order chi connectivity index (χ1) is 13.2. The molecular formula is C20H33NO6S. The quantitative estimate of drug-likeness (QED) is 0.517. The molecule has 0 aliphatic carbocycles. The number of fused-ring (bicyclic) bond motifs is 1. The topological polar surface area (TPSA) is 74.3 Å². The number of rotatable bonds is 11. The maximum atomic E-state index is 12.5. The van der Waals surface area contributed by atoms with Gasteiger partial charge in [0.2, 0.25) is 10.0 Å². The number of sulfonamides is 1. The van der Waals surface area contributed by atoms with Crippen molar-refractivity contribution in [2.75, 3.05) is 46.3 Å². The van der Waals surface area contributed by atoms with E-state index in [0.717, 1.165) is 12.0 Å². The fourth-order valence-electron chi connectivity index (χ4n) is 3.37. The summed E-state index contributed by atoms with van der Waals surface area (Å²) in [4.78, 5) is 0. The molecule has 0 amide bonds. The SMILES string of the molecule is CCOCCCOc1ccc2c(c1)C(N(CCOC)S(C)(=O)=O)CC(C)(C)O2. The van der Waals surface area contributed by atoms with Crippen LogP contribution in [0.25, 0.3) is 0 Å². The monoisotopic (exact) mass is 415 g/mol. The molecule has 1 aromatic rings. The summed E-state index contributed by atoms with van der Waals surface area (Å²) in [5.74, 6) is 1.39. The van der Waals surface area contributed by atoms with Gasteiger partial charge in [-0.05, 0) is 39.0 Å². The average Bonchev–Trinajstić information content (AvgIpc) is 2.60. The smallest absolute Gasteiger partial charge is 0.211 e. The Bertz CT molecular complexity index is 734. The van der Waals surface area contributed by atoms with Crippen molar-refractivity contribution in [3.63, 3.8) is 0 Å². The van der Waals surface area contributed by atoms with Crippen LogP contribution in [-0.2, 0) is 19.5 Å². The molecule has 1 heterocycles. The Morgan fingerprint density at radius 1 is 1.25 bits per heavy atom. The van der Waals surface area contributed by atoms with Crippen LogP contribution in [0.5, 0.6) is 11.5 Å². The van der Waals surface area contributed by atoms with Crippen molar-refractivity contribution in [1.29, 1.82) is 0 Å². The van der Waals surface area contributed by atoms with Gasteiger partial charge in [-0.1, -0.05) is 0 Å². The molecule has 8 heteroatoms. The first kappa shape index (κ1) is 22.9. The number of nitrogens with zero attached hydrogens (tertiary/aromatic N) is 1. The number of ether oxygens (including phenoxy) is 4. The number of hydrogen-bond acceptors (Lipinski definition) is 6. The number of hydrogen-bond donors (Lipinski definition) is 0. The molecule has 0 saturated carbocycles. The van der Waals surface area contributed by atoms with E-state index in [-0.39, 0.29) is 12.6 Å². The highest BCUT2D eigenvalue weighted by Crippen LogP contribution is 2.44. The van der Waals surface area contributed by atoms with Crippen molar-refractivity contribution in [1.82, 2.24) is 4.31 Å². The zero-order valence-corrected chi connectivity index (χ0v) is 18.4. The zero-order chi connectivity index (χ0) is 20.8. The third-order valence-corrected chi connectivity index (χ3v) is 5.90. The molecule has 7 nitrogen and oxygen atoms in total. The largest absolute Gasteiger partial charge is 0.493 e. The highest BCUT2D eigenvalue weighted by molar-refractivity contribution is 7.88. The highest BCUT2D eigenvalue weighted by Gasteiger charge is 2.40. The fourth-order valence-corrected chi connectivity index (χ4v) is 4.43. The summed E-state index contributed by atoms with van der Waals surface area (Å²) in [6.45, 7) is 8.40. The van der Waals surface area contributed by atoms with Crippen LogP contribution in [0.15, 0.2) is 18.2 Å². The standard InChI is InChI=1S/C20H33NO6S/c1-6-25-11-7-12-26-16-8-9-19-17(14-16)18(15-20(2,3)27-19)21(10-13-24-4)28(5,22)23/h8-9,14,18H,6-7,10-13,15H2,1-5H3. The Labute approximate surface area is 169 Å². The van der Waals surface area contributed by atoms with Crippen LogP contribution in [0.3, 0.4) is 0 Å². The van der Waals surface area contributed by atoms with Gasteiger partial charge in [0.1, 0.15) is 17.1 Å². The van der Waals surface area contributed by atoms with Gasteiger partial charge < -0.3 is 18.9 Å². The van der Waals surface area contributed by atoms with Crippen molar-refractivity contribution in [2.45, 2.75) is 45.3 Å². The Morgan fingerprint density at radius 2 is 2.00 bits per heavy atom. The normalized spacial score (nSPS) is 18.6. The fraction of sp³-hybridized carbons (Fsp3) is 0.700. The summed E-state index contributed by atoms with van der Waals surface area (Å²) in [7, 11) is -1.86. The molecule has 0 saturated heterocycles. The lowest BCUT2D eigenvalue weighted by Crippen LogP contribution is -2.44. The lowest BCUT2D eigenvalue weighted by atomic mass is 9.89. The van der Waals surface area contributed by atoms with Crippen LogP contribution in [-0.4, -0.2) is 64.7 Å². The molecule has 0 N–H and O–H groups in total. The second-order valence-electron chi connectivity index (χ2n) is 7.55. The third-order valence-electron chi connectivity index (χ3n) is 4.61. The minimum Gasteiger partial charge on any atom is -0.493 e. The molecule has 160 valence electrons. The Morgan fingerprint density at radius 3 is 2.64 bits per heavy atom. The maximum absolute atomic E-state index is 12.5. The zero-order valence-electron chi connectivity index (χ0n) is 17.6. The summed E-state index contributed by atoms with van der Waals surface area (Å²) in [5.41, 5.74) is 0.344. The maximum Gasteiger partial charge on any atom is 0.211 e. The molecular weight excluding hydrogens is 382 g/mol. The Balaban J connectivity index is 2.28. The second kappa shape index (κ2) is 9.91. The Kier molecular flexibility index (Phi) is 8.12. The molecule has 1 aliphatic heterocycles. The van der Waals surface area contributed by atoms with E-state index >= 15 is 0 Å². The van der Waals surface area contributed by atoms with Gasteiger partial charge >= 0.3 is 0 Å². The van der Waals surface area contributed by atoms with Crippen LogP contribution in [0.2, 0.25) is 0 Å². The van der Waals surface area contributed by atoms with Gasteiger partial charge in [0.15, 0.2) is 0 Å². The van der Waals surface area contributed by atoms with Crippen LogP contribution >= 0.6 is 0 Å². The van der Waals surface area contributed by atoms with Crippen LogP contribution < -0.4 is 9.47 Å². The summed E-state index contributed by atoms with van der Waals surface area (Å²) in [6.07, 6.45) is 2.57. The van der Waals surface area contributed by atoms with Gasteiger partial charge in [-0.25, -0.2) is 8.42 Å². The van der Waals surface area contributed by atoms with Crippen molar-refractivity contribution >= 4 is 10.0 Å². The van der Waals surface area contributed by atoms with Crippen LogP contribution in [0.1, 0.15) is 45.2 Å². The molecule has 1 aliphatic rings. The van der Waals surface area contributed by atoms with E-state index in [0.29, 0.717) is 44.3 Å². The van der Waals surface area contributed by atoms with Gasteiger partial charge in [-0.15, -0.1) is 0 Å². The van der Waals surface area contributed by atoms with Gasteiger partial charge in [-0.2, -0.15) is 4.31 Å². The van der Waals surface area contributed by atoms with Gasteiger partial charge in [0, 0.05) is 45.3 Å². The van der Waals surface area contributed by atoms with E-state index in [4.69, 9.17) is 18.9 Å². The highest BCUT2D eigenvalue weighted by atomic mass is 32.2. The number of benzene rings is 1. The molecule has 0 bridgehead atoms. The van der Waals surface area contributed by atoms with Crippen molar-refractivity contribution in [2.24, 2.45) is 0 Å². The van der Waals surface area contributed by atoms with Gasteiger partial charge in [0.25, 0.3) is 0 Å². The lowest BCUT2D eigenvalue weighted by Gasteiger charge is -2.41. The average molecular weight is 416 g/mol. The molecule has 1 unspecified atom stereocenters. The van der Waals surface area contributed by atoms with Crippen LogP contribution in [0.4, 0.5) is 0 Å². The van der Waals surface area contributed by atoms with E-state index < -0.39 is 15.6 Å². The van der Waals surface area contributed by atoms with E-state index in [1.54, 1.807) is 7.11 Å². The van der Waals surface area contributed by atoms with E-state index in [1.165, 1.54) is 10.6 Å². The molecule has 2 rings (SSSR count). The molecule has 0 spiro atoms. The van der Waals surface area contributed by atoms with E-state index in [2.05, 4.69) is 0 Å². The molecule has 0 radical (unpaired) electrons. The van der Waals surface area contributed by atoms with E-state index in [9.17, 15) is 8.42 Å². The predicted octanol–water partition coefficient (Wildman–Crippen LogP) is 3.00. The van der Waals surface area contributed by atoms with Crippen molar-refractivity contribution < 1.29 is 27.4 Å². The third kappa shape index (κ3) is 6.34. The van der Waals surface area contributed by atoms with Gasteiger partial charge in [-0.3, -0.25) is 0 Å². The number of methoxy groups -OCH3 is 1. The van der Waals surface area contributed by atoms with E-state index in [1.807, 2.05) is 39.0 Å². The van der Waals surface area contributed by atoms with Gasteiger partial charge in [0.05, 0.1) is 25.5 Å². The second-order valence-corrected chi connectivity index (χ2v) is 9.48. The summed E-state index contributed by atoms with van der Waals surface area (Å²) in [5, 5.41) is 0. The minimum absolute atomic E-state index is 0.287. The first-order valence-electron chi connectivity index (χ1n) is 9.67. The molecule has 1 atom stereocenters. The first-order valence-corrected chi connectivity index (χ1v) is 11.5. The molecule has 1 aromatic carbocycles. The predicted molar refractivity (Wildman–Crippen MR) is 109 cm³/mol. The Hall–Kier alpha value is -1.35. The minimum atomic E-state index is -3.43. The van der Waals surface area contributed by atoms with Crippen molar-refractivity contribution in [3.8, 4) is 11.5 Å². The summed E-state index contributed by atoms with van der Waals surface area (Å²) >= 11 is 0. The molecule has 28 heavy (non-hydrogen) atoms. The lowest BCUT2D eigenvalue weighted by molar-refractivity contribution is 0.0455. The van der Waals surface area contributed by atoms with Crippen LogP contribution in [0, 0.1) is 0 Å². The molecule has 0 fully saturated rings. The van der Waals surface area contributed by atoms with Crippen molar-refractivity contribution in [3.05, 3.63) is 23.8 Å². The molecule has 0 aromatic heterocycles.